The standard InChI is InChI=1S/C20H31N3O4/c1-3-25-19(24)16-5-4-15(2)22(13-16)18-12-21-23(14-18)17-6-8-20(9-7-17)26-10-11-27-20/h12,14-17H,3-11,13H2,1-2H3. The van der Waals surface area contributed by atoms with Crippen LogP contribution in [0.3, 0.4) is 0 Å². The minimum Gasteiger partial charge on any atom is -0.466 e. The molecule has 1 aliphatic carbocycles. The highest BCUT2D eigenvalue weighted by Gasteiger charge is 2.41. The van der Waals surface area contributed by atoms with E-state index in [0.717, 1.165) is 44.2 Å². The average Bonchev–Trinajstić information content (AvgIpc) is 3.33. The van der Waals surface area contributed by atoms with Crippen molar-refractivity contribution in [1.29, 1.82) is 0 Å². The highest BCUT2D eigenvalue weighted by molar-refractivity contribution is 5.73. The number of hydrogen-bond acceptors (Lipinski definition) is 6. The molecule has 3 heterocycles. The van der Waals surface area contributed by atoms with Gasteiger partial charge in [-0.2, -0.15) is 5.10 Å². The van der Waals surface area contributed by atoms with Crippen LogP contribution in [-0.2, 0) is 19.0 Å². The fourth-order valence-corrected chi connectivity index (χ4v) is 4.69. The minimum atomic E-state index is -0.333. The Bertz CT molecular complexity index is 645. The van der Waals surface area contributed by atoms with Crippen LogP contribution in [0, 0.1) is 5.92 Å². The van der Waals surface area contributed by atoms with E-state index in [4.69, 9.17) is 14.2 Å². The van der Waals surface area contributed by atoms with Crippen LogP contribution in [0.2, 0.25) is 0 Å². The first kappa shape index (κ1) is 18.7. The molecule has 4 rings (SSSR count). The van der Waals surface area contributed by atoms with E-state index in [2.05, 4.69) is 27.8 Å². The van der Waals surface area contributed by atoms with Gasteiger partial charge < -0.3 is 19.1 Å². The number of rotatable bonds is 4. The van der Waals surface area contributed by atoms with Crippen molar-refractivity contribution in [2.24, 2.45) is 5.92 Å². The Morgan fingerprint density at radius 1 is 1.26 bits per heavy atom. The summed E-state index contributed by atoms with van der Waals surface area (Å²) in [5, 5.41) is 4.65. The van der Waals surface area contributed by atoms with Crippen LogP contribution in [0.25, 0.3) is 0 Å². The van der Waals surface area contributed by atoms with Gasteiger partial charge in [0.2, 0.25) is 0 Å². The van der Waals surface area contributed by atoms with E-state index in [1.54, 1.807) is 0 Å². The second-order valence-electron chi connectivity index (χ2n) is 8.05. The largest absolute Gasteiger partial charge is 0.466 e. The summed E-state index contributed by atoms with van der Waals surface area (Å²) in [6, 6.07) is 0.793. The molecule has 150 valence electrons. The molecule has 3 aliphatic rings. The molecule has 2 atom stereocenters. The molecule has 1 spiro atoms. The minimum absolute atomic E-state index is 0.0456. The van der Waals surface area contributed by atoms with Crippen molar-refractivity contribution in [2.75, 3.05) is 31.3 Å². The van der Waals surface area contributed by atoms with E-state index in [-0.39, 0.29) is 17.7 Å². The van der Waals surface area contributed by atoms with Gasteiger partial charge in [0.25, 0.3) is 0 Å². The first-order valence-corrected chi connectivity index (χ1v) is 10.4. The van der Waals surface area contributed by atoms with Gasteiger partial charge in [-0.1, -0.05) is 0 Å². The predicted molar refractivity (Wildman–Crippen MR) is 101 cm³/mol. The molecular weight excluding hydrogens is 346 g/mol. The van der Waals surface area contributed by atoms with Gasteiger partial charge in [0.15, 0.2) is 5.79 Å². The molecule has 7 heteroatoms. The molecule has 0 aromatic carbocycles. The molecule has 27 heavy (non-hydrogen) atoms. The van der Waals surface area contributed by atoms with Crippen molar-refractivity contribution in [3.8, 4) is 0 Å². The first-order chi connectivity index (χ1) is 13.1. The summed E-state index contributed by atoms with van der Waals surface area (Å²) < 4.78 is 19.0. The number of carbonyl (C=O) groups is 1. The molecule has 0 radical (unpaired) electrons. The van der Waals surface area contributed by atoms with Crippen LogP contribution in [0.15, 0.2) is 12.4 Å². The highest BCUT2D eigenvalue weighted by atomic mass is 16.7. The van der Waals surface area contributed by atoms with Gasteiger partial charge in [-0.25, -0.2) is 0 Å². The zero-order valence-corrected chi connectivity index (χ0v) is 16.4. The van der Waals surface area contributed by atoms with Gasteiger partial charge in [-0.15, -0.1) is 0 Å². The van der Waals surface area contributed by atoms with Crippen LogP contribution in [0.4, 0.5) is 5.69 Å². The van der Waals surface area contributed by atoms with E-state index in [9.17, 15) is 4.79 Å². The van der Waals surface area contributed by atoms with Crippen LogP contribution in [-0.4, -0.2) is 53.9 Å². The number of anilines is 1. The summed E-state index contributed by atoms with van der Waals surface area (Å²) in [5.41, 5.74) is 1.10. The lowest BCUT2D eigenvalue weighted by molar-refractivity contribution is -0.181. The average molecular weight is 377 g/mol. The summed E-state index contributed by atoms with van der Waals surface area (Å²) in [7, 11) is 0. The molecule has 3 fully saturated rings. The van der Waals surface area contributed by atoms with E-state index in [1.165, 1.54) is 0 Å². The molecule has 2 unspecified atom stereocenters. The van der Waals surface area contributed by atoms with Crippen LogP contribution < -0.4 is 4.90 Å². The SMILES string of the molecule is CCOC(=O)C1CCC(C)N(c2cnn(C3CCC4(CC3)OCCO4)c2)C1. The van der Waals surface area contributed by atoms with Crippen molar-refractivity contribution in [1.82, 2.24) is 9.78 Å². The number of aromatic nitrogens is 2. The molecule has 1 aromatic heterocycles. The van der Waals surface area contributed by atoms with Crippen LogP contribution >= 0.6 is 0 Å². The summed E-state index contributed by atoms with van der Waals surface area (Å²) >= 11 is 0. The van der Waals surface area contributed by atoms with E-state index >= 15 is 0 Å². The maximum atomic E-state index is 12.2. The van der Waals surface area contributed by atoms with Gasteiger partial charge in [0, 0.05) is 31.6 Å². The predicted octanol–water partition coefficient (Wildman–Crippen LogP) is 2.91. The Hall–Kier alpha value is -1.60. The number of ether oxygens (including phenoxy) is 3. The third-order valence-corrected chi connectivity index (χ3v) is 6.33. The number of piperidine rings is 1. The molecule has 0 N–H and O–H groups in total. The maximum absolute atomic E-state index is 12.2. The number of hydrogen-bond donors (Lipinski definition) is 0. The fraction of sp³-hybridized carbons (Fsp3) is 0.800. The van der Waals surface area contributed by atoms with Crippen molar-refractivity contribution in [3.05, 3.63) is 12.4 Å². The number of nitrogens with zero attached hydrogens (tertiary/aromatic N) is 3. The molecule has 2 saturated heterocycles. The molecule has 2 aliphatic heterocycles. The van der Waals surface area contributed by atoms with Gasteiger partial charge in [-0.05, 0) is 39.5 Å². The Balaban J connectivity index is 1.40. The Morgan fingerprint density at radius 3 is 2.70 bits per heavy atom. The van der Waals surface area contributed by atoms with E-state index in [1.807, 2.05) is 13.1 Å². The lowest BCUT2D eigenvalue weighted by Gasteiger charge is -2.38. The zero-order chi connectivity index (χ0) is 18.9. The summed E-state index contributed by atoms with van der Waals surface area (Å²) in [4.78, 5) is 14.5. The molecule has 1 aromatic rings. The number of carbonyl (C=O) groups excluding carboxylic acids is 1. The van der Waals surface area contributed by atoms with Crippen molar-refractivity contribution in [3.63, 3.8) is 0 Å². The zero-order valence-electron chi connectivity index (χ0n) is 16.4. The fourth-order valence-electron chi connectivity index (χ4n) is 4.69. The van der Waals surface area contributed by atoms with Crippen molar-refractivity contribution >= 4 is 11.7 Å². The summed E-state index contributed by atoms with van der Waals surface area (Å²) in [6.07, 6.45) is 9.87. The second kappa shape index (κ2) is 7.80. The summed E-state index contributed by atoms with van der Waals surface area (Å²) in [5.74, 6) is -0.451. The van der Waals surface area contributed by atoms with E-state index < -0.39 is 0 Å². The lowest BCUT2D eigenvalue weighted by Crippen LogP contribution is -2.44. The second-order valence-corrected chi connectivity index (χ2v) is 8.05. The molecule has 0 bridgehead atoms. The maximum Gasteiger partial charge on any atom is 0.310 e. The van der Waals surface area contributed by atoms with Crippen molar-refractivity contribution < 1.29 is 19.0 Å². The Morgan fingerprint density at radius 2 is 2.00 bits per heavy atom. The lowest BCUT2D eigenvalue weighted by atomic mass is 9.90. The molecule has 0 amide bonds. The molecule has 1 saturated carbocycles. The normalized spacial score (nSPS) is 28.6. The Kier molecular flexibility index (Phi) is 5.41. The van der Waals surface area contributed by atoms with Crippen LogP contribution in [0.5, 0.6) is 0 Å². The topological polar surface area (TPSA) is 65.8 Å². The highest BCUT2D eigenvalue weighted by Crippen LogP contribution is 2.40. The van der Waals surface area contributed by atoms with Gasteiger partial charge in [0.1, 0.15) is 0 Å². The molecule has 7 nitrogen and oxygen atoms in total. The number of esters is 1. The third-order valence-electron chi connectivity index (χ3n) is 6.33. The van der Waals surface area contributed by atoms with Crippen LogP contribution in [0.1, 0.15) is 58.4 Å². The van der Waals surface area contributed by atoms with Gasteiger partial charge >= 0.3 is 5.97 Å². The quantitative estimate of drug-likeness (QED) is 0.752. The first-order valence-electron chi connectivity index (χ1n) is 10.4. The smallest absolute Gasteiger partial charge is 0.310 e. The van der Waals surface area contributed by atoms with E-state index in [0.29, 0.717) is 38.4 Å². The van der Waals surface area contributed by atoms with Gasteiger partial charge in [-0.3, -0.25) is 9.48 Å². The third kappa shape index (κ3) is 3.85. The Labute approximate surface area is 160 Å². The van der Waals surface area contributed by atoms with Crippen molar-refractivity contribution in [2.45, 2.75) is 70.2 Å². The monoisotopic (exact) mass is 377 g/mol. The molecular formula is C20H31N3O4. The summed E-state index contributed by atoms with van der Waals surface area (Å²) in [6.45, 7) is 6.66. The van der Waals surface area contributed by atoms with Gasteiger partial charge in [0.05, 0.1) is 43.7 Å².